The SMILES string of the molecule is CSc1cnc(-c2ccc(-c3ccc(N4CCSCC4)cc3)cc2)nc1N1CCOCC1. The van der Waals surface area contributed by atoms with E-state index >= 15 is 0 Å². The summed E-state index contributed by atoms with van der Waals surface area (Å²) in [5, 5.41) is 0. The van der Waals surface area contributed by atoms with Crippen LogP contribution in [-0.2, 0) is 4.74 Å². The summed E-state index contributed by atoms with van der Waals surface area (Å²) in [6.07, 6.45) is 4.02. The van der Waals surface area contributed by atoms with Crippen LogP contribution in [0.2, 0.25) is 0 Å². The first kappa shape index (κ1) is 21.6. The molecule has 3 heterocycles. The van der Waals surface area contributed by atoms with Gasteiger partial charge in [0, 0.05) is 55.1 Å². The largest absolute Gasteiger partial charge is 0.378 e. The average molecular weight is 465 g/mol. The van der Waals surface area contributed by atoms with Gasteiger partial charge >= 0.3 is 0 Å². The molecule has 0 aliphatic carbocycles. The third-order valence-electron chi connectivity index (χ3n) is 5.99. The average Bonchev–Trinajstić information content (AvgIpc) is 2.89. The highest BCUT2D eigenvalue weighted by molar-refractivity contribution is 7.99. The van der Waals surface area contributed by atoms with Gasteiger partial charge in [0.15, 0.2) is 5.82 Å². The first-order valence-corrected chi connectivity index (χ1v) is 13.5. The lowest BCUT2D eigenvalue weighted by Crippen LogP contribution is -2.37. The highest BCUT2D eigenvalue weighted by atomic mass is 32.2. The summed E-state index contributed by atoms with van der Waals surface area (Å²) in [6.45, 7) is 5.51. The fourth-order valence-corrected chi connectivity index (χ4v) is 5.56. The van der Waals surface area contributed by atoms with Gasteiger partial charge in [0.25, 0.3) is 0 Å². The van der Waals surface area contributed by atoms with Gasteiger partial charge in [-0.1, -0.05) is 36.4 Å². The lowest BCUT2D eigenvalue weighted by molar-refractivity contribution is 0.122. The van der Waals surface area contributed by atoms with Crippen molar-refractivity contribution >= 4 is 35.0 Å². The normalized spacial score (nSPS) is 16.9. The molecule has 7 heteroatoms. The second-order valence-corrected chi connectivity index (χ2v) is 9.98. The van der Waals surface area contributed by atoms with Crippen LogP contribution in [0.3, 0.4) is 0 Å². The van der Waals surface area contributed by atoms with Crippen molar-refractivity contribution in [1.29, 1.82) is 0 Å². The molecule has 2 aromatic carbocycles. The van der Waals surface area contributed by atoms with Gasteiger partial charge in [-0.05, 0) is 29.5 Å². The van der Waals surface area contributed by atoms with E-state index in [9.17, 15) is 0 Å². The molecular weight excluding hydrogens is 436 g/mol. The Bertz CT molecular complexity index is 1030. The van der Waals surface area contributed by atoms with E-state index in [0.717, 1.165) is 61.5 Å². The van der Waals surface area contributed by atoms with E-state index in [1.54, 1.807) is 11.8 Å². The van der Waals surface area contributed by atoms with Crippen LogP contribution < -0.4 is 9.80 Å². The van der Waals surface area contributed by atoms with E-state index in [1.165, 1.54) is 28.3 Å². The maximum absolute atomic E-state index is 5.51. The highest BCUT2D eigenvalue weighted by Crippen LogP contribution is 2.30. The summed E-state index contributed by atoms with van der Waals surface area (Å²) in [4.78, 5) is 15.5. The smallest absolute Gasteiger partial charge is 0.161 e. The second-order valence-electron chi connectivity index (χ2n) is 7.91. The van der Waals surface area contributed by atoms with Crippen LogP contribution in [0, 0.1) is 0 Å². The minimum absolute atomic E-state index is 0.747. The van der Waals surface area contributed by atoms with Gasteiger partial charge in [-0.15, -0.1) is 11.8 Å². The molecule has 32 heavy (non-hydrogen) atoms. The summed E-state index contributed by atoms with van der Waals surface area (Å²) >= 11 is 3.73. The van der Waals surface area contributed by atoms with Crippen molar-refractivity contribution < 1.29 is 4.74 Å². The van der Waals surface area contributed by atoms with Crippen molar-refractivity contribution in [3.63, 3.8) is 0 Å². The number of aromatic nitrogens is 2. The Morgan fingerprint density at radius 3 is 2.09 bits per heavy atom. The molecular formula is C25H28N4OS2. The van der Waals surface area contributed by atoms with Crippen LogP contribution in [-0.4, -0.2) is 67.1 Å². The van der Waals surface area contributed by atoms with E-state index < -0.39 is 0 Å². The summed E-state index contributed by atoms with van der Waals surface area (Å²) in [6, 6.07) is 17.5. The predicted molar refractivity (Wildman–Crippen MR) is 137 cm³/mol. The number of hydrogen-bond acceptors (Lipinski definition) is 7. The highest BCUT2D eigenvalue weighted by Gasteiger charge is 2.18. The number of ether oxygens (including phenoxy) is 1. The van der Waals surface area contributed by atoms with Gasteiger partial charge in [0.2, 0.25) is 0 Å². The fourth-order valence-electron chi connectivity index (χ4n) is 4.14. The van der Waals surface area contributed by atoms with Gasteiger partial charge in [0.05, 0.1) is 18.1 Å². The minimum Gasteiger partial charge on any atom is -0.378 e. The number of nitrogens with zero attached hydrogens (tertiary/aromatic N) is 4. The third-order valence-corrected chi connectivity index (χ3v) is 7.66. The van der Waals surface area contributed by atoms with Gasteiger partial charge in [0.1, 0.15) is 5.82 Å². The molecule has 3 aromatic rings. The van der Waals surface area contributed by atoms with E-state index in [2.05, 4.69) is 69.6 Å². The fraction of sp³-hybridized carbons (Fsp3) is 0.360. The van der Waals surface area contributed by atoms with Crippen molar-refractivity contribution in [3.8, 4) is 22.5 Å². The third kappa shape index (κ3) is 4.75. The quantitative estimate of drug-likeness (QED) is 0.496. The lowest BCUT2D eigenvalue weighted by Gasteiger charge is -2.29. The Morgan fingerprint density at radius 1 is 0.812 bits per heavy atom. The lowest BCUT2D eigenvalue weighted by atomic mass is 10.0. The first-order valence-electron chi connectivity index (χ1n) is 11.1. The van der Waals surface area contributed by atoms with Crippen LogP contribution in [0.5, 0.6) is 0 Å². The molecule has 0 spiro atoms. The van der Waals surface area contributed by atoms with Gasteiger partial charge in [-0.2, -0.15) is 11.8 Å². The van der Waals surface area contributed by atoms with E-state index in [-0.39, 0.29) is 0 Å². The number of morpholine rings is 1. The molecule has 0 bridgehead atoms. The first-order chi connectivity index (χ1) is 15.8. The van der Waals surface area contributed by atoms with Gasteiger partial charge in [-0.25, -0.2) is 9.97 Å². The molecule has 0 radical (unpaired) electrons. The maximum Gasteiger partial charge on any atom is 0.161 e. The van der Waals surface area contributed by atoms with E-state index in [4.69, 9.17) is 9.72 Å². The molecule has 2 fully saturated rings. The molecule has 0 saturated carbocycles. The van der Waals surface area contributed by atoms with Crippen molar-refractivity contribution in [2.75, 3.05) is 67.0 Å². The molecule has 166 valence electrons. The molecule has 0 unspecified atom stereocenters. The summed E-state index contributed by atoms with van der Waals surface area (Å²) in [7, 11) is 0. The standard InChI is InChI=1S/C25H28N4OS2/c1-31-23-18-26-24(27-25(23)29-10-14-30-15-11-29)21-4-2-19(3-5-21)20-6-8-22(9-7-20)28-12-16-32-17-13-28/h2-9,18H,10-17H2,1H3. The Labute approximate surface area is 198 Å². The van der Waals surface area contributed by atoms with Crippen molar-refractivity contribution in [3.05, 3.63) is 54.7 Å². The molecule has 2 saturated heterocycles. The summed E-state index contributed by atoms with van der Waals surface area (Å²) in [5.41, 5.74) is 4.81. The zero-order valence-electron chi connectivity index (χ0n) is 18.4. The summed E-state index contributed by atoms with van der Waals surface area (Å²) in [5.74, 6) is 4.23. The summed E-state index contributed by atoms with van der Waals surface area (Å²) < 4.78 is 5.51. The predicted octanol–water partition coefficient (Wildman–Crippen LogP) is 4.92. The molecule has 0 atom stereocenters. The Morgan fingerprint density at radius 2 is 1.44 bits per heavy atom. The van der Waals surface area contributed by atoms with Crippen molar-refractivity contribution in [2.45, 2.75) is 4.90 Å². The molecule has 5 rings (SSSR count). The molecule has 0 amide bonds. The molecule has 0 N–H and O–H groups in total. The second kappa shape index (κ2) is 10.1. The van der Waals surface area contributed by atoms with Gasteiger partial charge in [-0.3, -0.25) is 0 Å². The van der Waals surface area contributed by atoms with Crippen LogP contribution in [0.1, 0.15) is 0 Å². The number of anilines is 2. The zero-order valence-corrected chi connectivity index (χ0v) is 20.0. The molecule has 5 nitrogen and oxygen atoms in total. The number of thioether (sulfide) groups is 2. The van der Waals surface area contributed by atoms with Crippen LogP contribution >= 0.6 is 23.5 Å². The Hall–Kier alpha value is -2.22. The maximum atomic E-state index is 5.51. The number of benzene rings is 2. The van der Waals surface area contributed by atoms with E-state index in [1.807, 2.05) is 18.0 Å². The molecule has 2 aliphatic heterocycles. The van der Waals surface area contributed by atoms with Crippen LogP contribution in [0.15, 0.2) is 59.6 Å². The Kier molecular flexibility index (Phi) is 6.86. The minimum atomic E-state index is 0.747. The Balaban J connectivity index is 1.35. The van der Waals surface area contributed by atoms with E-state index in [0.29, 0.717) is 0 Å². The molecule has 1 aromatic heterocycles. The zero-order chi connectivity index (χ0) is 21.8. The van der Waals surface area contributed by atoms with Crippen LogP contribution in [0.25, 0.3) is 22.5 Å². The van der Waals surface area contributed by atoms with Gasteiger partial charge < -0.3 is 14.5 Å². The number of rotatable bonds is 5. The molecule has 2 aliphatic rings. The van der Waals surface area contributed by atoms with Crippen LogP contribution in [0.4, 0.5) is 11.5 Å². The van der Waals surface area contributed by atoms with Crippen molar-refractivity contribution in [2.24, 2.45) is 0 Å². The van der Waals surface area contributed by atoms with Crippen molar-refractivity contribution in [1.82, 2.24) is 9.97 Å². The topological polar surface area (TPSA) is 41.5 Å². The monoisotopic (exact) mass is 464 g/mol. The number of hydrogen-bond donors (Lipinski definition) is 0.